The fraction of sp³-hybridized carbons (Fsp3) is 0.267. The van der Waals surface area contributed by atoms with Crippen LogP contribution < -0.4 is 26.4 Å². The Labute approximate surface area is 242 Å². The Morgan fingerprint density at radius 3 is 2.52 bits per heavy atom. The number of aromatic nitrogens is 2. The molecule has 12 heteroatoms. The number of para-hydroxylation sites is 1. The summed E-state index contributed by atoms with van der Waals surface area (Å²) in [5.41, 5.74) is 8.37. The van der Waals surface area contributed by atoms with E-state index in [4.69, 9.17) is 10.5 Å². The van der Waals surface area contributed by atoms with E-state index in [1.807, 2.05) is 24.3 Å². The first-order valence-corrected chi connectivity index (χ1v) is 13.5. The van der Waals surface area contributed by atoms with Crippen molar-refractivity contribution in [1.82, 2.24) is 25.1 Å². The zero-order valence-corrected chi connectivity index (χ0v) is 23.3. The maximum absolute atomic E-state index is 13.6. The Balaban J connectivity index is 1.31. The molecule has 218 valence electrons. The van der Waals surface area contributed by atoms with Crippen LogP contribution in [0, 0.1) is 0 Å². The Morgan fingerprint density at radius 1 is 1.07 bits per heavy atom. The van der Waals surface area contributed by atoms with Crippen LogP contribution in [-0.4, -0.2) is 70.0 Å². The van der Waals surface area contributed by atoms with Gasteiger partial charge in [0.25, 0.3) is 5.91 Å². The lowest BCUT2D eigenvalue weighted by molar-refractivity contribution is -0.129. The number of carbonyl (C=O) groups is 4. The normalized spacial score (nSPS) is 17.0. The molecule has 0 bridgehead atoms. The molecule has 3 atom stereocenters. The number of benzene rings is 2. The first-order valence-electron chi connectivity index (χ1n) is 13.5. The average molecular weight is 572 g/mol. The molecule has 2 aromatic heterocycles. The predicted octanol–water partition coefficient (Wildman–Crippen LogP) is 2.13. The molecule has 3 heterocycles. The molecule has 0 aliphatic carbocycles. The largest absolute Gasteiger partial charge is 0.497 e. The molecule has 1 fully saturated rings. The summed E-state index contributed by atoms with van der Waals surface area (Å²) < 4.78 is 6.81. The predicted molar refractivity (Wildman–Crippen MR) is 157 cm³/mol. The highest BCUT2D eigenvalue weighted by atomic mass is 16.5. The summed E-state index contributed by atoms with van der Waals surface area (Å²) in [6.07, 6.45) is 3.85. The summed E-state index contributed by atoms with van der Waals surface area (Å²) in [4.78, 5) is 57.0. The highest BCUT2D eigenvalue weighted by molar-refractivity contribution is 5.98. The molecule has 5 amide bonds. The fourth-order valence-corrected chi connectivity index (χ4v) is 5.28. The van der Waals surface area contributed by atoms with E-state index < -0.39 is 36.0 Å². The van der Waals surface area contributed by atoms with Gasteiger partial charge < -0.3 is 40.9 Å². The van der Waals surface area contributed by atoms with Crippen molar-refractivity contribution in [1.29, 1.82) is 0 Å². The molecule has 12 nitrogen and oxygen atoms in total. The van der Waals surface area contributed by atoms with Gasteiger partial charge in [-0.1, -0.05) is 18.2 Å². The number of primary amides is 1. The number of aromatic amines is 1. The third kappa shape index (κ3) is 6.07. The molecule has 5 rings (SSSR count). The van der Waals surface area contributed by atoms with Gasteiger partial charge in [0.1, 0.15) is 23.5 Å². The maximum atomic E-state index is 13.6. The van der Waals surface area contributed by atoms with Gasteiger partial charge in [-0.05, 0) is 54.4 Å². The SMILES string of the molecule is COc1ccc(NC(=O)NC2CC(C(=O)NC(Cc3c[nH]c4ccccc34)C(N)=O)N(C(=O)c3cccn3C)C2)cc1. The van der Waals surface area contributed by atoms with Crippen molar-refractivity contribution in [2.75, 3.05) is 19.0 Å². The van der Waals surface area contributed by atoms with Gasteiger partial charge >= 0.3 is 6.03 Å². The van der Waals surface area contributed by atoms with Crippen LogP contribution in [0.2, 0.25) is 0 Å². The maximum Gasteiger partial charge on any atom is 0.319 e. The zero-order chi connectivity index (χ0) is 29.8. The molecule has 1 saturated heterocycles. The quantitative estimate of drug-likeness (QED) is 0.207. The lowest BCUT2D eigenvalue weighted by Crippen LogP contribution is -2.53. The summed E-state index contributed by atoms with van der Waals surface area (Å²) in [5, 5.41) is 9.30. The van der Waals surface area contributed by atoms with E-state index in [1.165, 1.54) is 4.90 Å². The van der Waals surface area contributed by atoms with E-state index in [-0.39, 0.29) is 25.3 Å². The standard InChI is InChI=1S/C30H33N7O5/c1-36-13-5-8-25(36)29(40)37-17-20(34-30(41)33-19-9-11-21(42-2)12-10-19)15-26(37)28(39)35-24(27(31)38)14-18-16-32-23-7-4-3-6-22(18)23/h3-13,16,20,24,26,32H,14-15,17H2,1-2H3,(H2,31,38)(H,35,39)(H2,33,34,41). The Morgan fingerprint density at radius 2 is 1.83 bits per heavy atom. The number of carbonyl (C=O) groups excluding carboxylic acids is 4. The molecule has 1 aliphatic rings. The fourth-order valence-electron chi connectivity index (χ4n) is 5.28. The van der Waals surface area contributed by atoms with Crippen LogP contribution in [0.4, 0.5) is 10.5 Å². The first kappa shape index (κ1) is 28.3. The van der Waals surface area contributed by atoms with Gasteiger partial charge in [-0.25, -0.2) is 4.79 Å². The number of hydrogen-bond acceptors (Lipinski definition) is 5. The first-order chi connectivity index (χ1) is 20.2. The highest BCUT2D eigenvalue weighted by Gasteiger charge is 2.42. The molecule has 1 aliphatic heterocycles. The van der Waals surface area contributed by atoms with Crippen LogP contribution >= 0.6 is 0 Å². The van der Waals surface area contributed by atoms with Crippen LogP contribution in [0.5, 0.6) is 5.75 Å². The van der Waals surface area contributed by atoms with Gasteiger partial charge in [-0.2, -0.15) is 0 Å². The second-order valence-corrected chi connectivity index (χ2v) is 10.3. The number of methoxy groups -OCH3 is 1. The number of urea groups is 1. The number of ether oxygens (including phenoxy) is 1. The van der Waals surface area contributed by atoms with Crippen molar-refractivity contribution >= 4 is 40.3 Å². The van der Waals surface area contributed by atoms with Gasteiger partial charge in [0.05, 0.1) is 13.2 Å². The van der Waals surface area contributed by atoms with Crippen LogP contribution in [0.15, 0.2) is 73.1 Å². The van der Waals surface area contributed by atoms with Crippen LogP contribution in [0.25, 0.3) is 10.9 Å². The smallest absolute Gasteiger partial charge is 0.319 e. The average Bonchev–Trinajstić information content (AvgIpc) is 3.71. The minimum Gasteiger partial charge on any atom is -0.497 e. The van der Waals surface area contributed by atoms with Gasteiger partial charge in [0, 0.05) is 49.0 Å². The summed E-state index contributed by atoms with van der Waals surface area (Å²) in [7, 11) is 3.29. The number of nitrogens with zero attached hydrogens (tertiary/aromatic N) is 2. The summed E-state index contributed by atoms with van der Waals surface area (Å²) in [5.74, 6) is -0.935. The van der Waals surface area contributed by atoms with E-state index in [0.717, 1.165) is 16.5 Å². The van der Waals surface area contributed by atoms with E-state index in [1.54, 1.807) is 67.5 Å². The Bertz CT molecular complexity index is 1610. The zero-order valence-electron chi connectivity index (χ0n) is 23.3. The van der Waals surface area contributed by atoms with Gasteiger partial charge in [0.15, 0.2) is 0 Å². The third-order valence-electron chi connectivity index (χ3n) is 7.47. The van der Waals surface area contributed by atoms with Crippen molar-refractivity contribution in [3.8, 4) is 5.75 Å². The Kier molecular flexibility index (Phi) is 8.14. The van der Waals surface area contributed by atoms with E-state index >= 15 is 0 Å². The highest BCUT2D eigenvalue weighted by Crippen LogP contribution is 2.23. The van der Waals surface area contributed by atoms with Crippen molar-refractivity contribution in [3.63, 3.8) is 0 Å². The second kappa shape index (κ2) is 12.1. The molecule has 4 aromatic rings. The van der Waals surface area contributed by atoms with Gasteiger partial charge in [-0.15, -0.1) is 0 Å². The van der Waals surface area contributed by atoms with E-state index in [0.29, 0.717) is 17.1 Å². The number of likely N-dealkylation sites (tertiary alicyclic amines) is 1. The minimum absolute atomic E-state index is 0.0990. The lowest BCUT2D eigenvalue weighted by Gasteiger charge is -2.25. The van der Waals surface area contributed by atoms with E-state index in [2.05, 4.69) is 20.9 Å². The lowest BCUT2D eigenvalue weighted by atomic mass is 10.0. The van der Waals surface area contributed by atoms with Crippen LogP contribution in [0.1, 0.15) is 22.5 Å². The summed E-state index contributed by atoms with van der Waals surface area (Å²) >= 11 is 0. The molecular formula is C30H33N7O5. The van der Waals surface area contributed by atoms with Crippen molar-refractivity contribution in [2.24, 2.45) is 12.8 Å². The van der Waals surface area contributed by atoms with Gasteiger partial charge in [-0.3, -0.25) is 14.4 Å². The van der Waals surface area contributed by atoms with Crippen molar-refractivity contribution in [2.45, 2.75) is 31.0 Å². The van der Waals surface area contributed by atoms with Crippen LogP contribution in [-0.2, 0) is 23.1 Å². The number of nitrogens with one attached hydrogen (secondary N) is 4. The number of rotatable bonds is 9. The molecule has 6 N–H and O–H groups in total. The molecule has 0 radical (unpaired) electrons. The Hall–Kier alpha value is -5.26. The second-order valence-electron chi connectivity index (χ2n) is 10.3. The van der Waals surface area contributed by atoms with Gasteiger partial charge in [0.2, 0.25) is 11.8 Å². The number of nitrogens with two attached hydrogens (primary N) is 1. The number of amides is 5. The molecule has 3 unspecified atom stereocenters. The number of fused-ring (bicyclic) bond motifs is 1. The topological polar surface area (TPSA) is 164 Å². The molecular weight excluding hydrogens is 538 g/mol. The van der Waals surface area contributed by atoms with E-state index in [9.17, 15) is 19.2 Å². The third-order valence-corrected chi connectivity index (χ3v) is 7.47. The minimum atomic E-state index is -1.01. The molecule has 0 spiro atoms. The molecule has 42 heavy (non-hydrogen) atoms. The monoisotopic (exact) mass is 571 g/mol. The number of aryl methyl sites for hydroxylation is 1. The van der Waals surface area contributed by atoms with Crippen molar-refractivity contribution < 1.29 is 23.9 Å². The molecule has 0 saturated carbocycles. The number of anilines is 1. The number of hydrogen-bond donors (Lipinski definition) is 5. The summed E-state index contributed by atoms with van der Waals surface area (Å²) in [6, 6.07) is 14.9. The van der Waals surface area contributed by atoms with Crippen LogP contribution in [0.3, 0.4) is 0 Å². The molecule has 2 aromatic carbocycles. The van der Waals surface area contributed by atoms with Crippen molar-refractivity contribution in [3.05, 3.63) is 84.3 Å². The number of H-pyrrole nitrogens is 1. The summed E-state index contributed by atoms with van der Waals surface area (Å²) in [6.45, 7) is 0.0990.